The molecule has 11 nitrogen and oxygen atoms in total. The molecule has 0 radical (unpaired) electrons. The van der Waals surface area contributed by atoms with E-state index in [1.807, 2.05) is 0 Å². The summed E-state index contributed by atoms with van der Waals surface area (Å²) in [5.74, 6) is -0.308. The number of rotatable bonds is 5. The van der Waals surface area contributed by atoms with Crippen molar-refractivity contribution in [2.24, 2.45) is 14.1 Å². The van der Waals surface area contributed by atoms with Crippen LogP contribution in [0.2, 0.25) is 0 Å². The lowest BCUT2D eigenvalue weighted by Gasteiger charge is -2.24. The monoisotopic (exact) mass is 506 g/mol. The second kappa shape index (κ2) is 9.26. The second-order valence-corrected chi connectivity index (χ2v) is 9.31. The molecule has 2 atom stereocenters. The zero-order chi connectivity index (χ0) is 26.4. The summed E-state index contributed by atoms with van der Waals surface area (Å²) in [4.78, 5) is 52.8. The number of halogens is 1. The van der Waals surface area contributed by atoms with E-state index in [2.05, 4.69) is 32.1 Å². The molecule has 1 saturated heterocycles. The molecule has 0 unspecified atom stereocenters. The van der Waals surface area contributed by atoms with Crippen LogP contribution in [0.4, 0.5) is 15.9 Å². The number of aryl methyl sites for hydroxylation is 1. The quantitative estimate of drug-likeness (QED) is 0.441. The third-order valence-corrected chi connectivity index (χ3v) is 6.95. The van der Waals surface area contributed by atoms with Crippen LogP contribution in [0.25, 0.3) is 22.6 Å². The Hall–Kier alpha value is -4.35. The van der Waals surface area contributed by atoms with Gasteiger partial charge in [0.1, 0.15) is 17.7 Å². The van der Waals surface area contributed by atoms with Gasteiger partial charge in [0.25, 0.3) is 5.56 Å². The number of aromatic nitrogens is 6. The van der Waals surface area contributed by atoms with Gasteiger partial charge < -0.3 is 14.8 Å². The van der Waals surface area contributed by atoms with Crippen molar-refractivity contribution in [3.63, 3.8) is 0 Å². The molecule has 0 bridgehead atoms. The first-order valence-corrected chi connectivity index (χ1v) is 12.0. The molecule has 1 aromatic carbocycles. The van der Waals surface area contributed by atoms with E-state index in [9.17, 15) is 18.8 Å². The topological polar surface area (TPSA) is 120 Å². The molecule has 4 aromatic rings. The van der Waals surface area contributed by atoms with Crippen molar-refractivity contribution in [2.45, 2.75) is 38.8 Å². The number of hydrogen-bond donors (Lipinski definition) is 1. The highest BCUT2D eigenvalue weighted by Gasteiger charge is 2.24. The maximum atomic E-state index is 15.0. The van der Waals surface area contributed by atoms with E-state index in [0.29, 0.717) is 11.3 Å². The summed E-state index contributed by atoms with van der Waals surface area (Å²) >= 11 is 0. The number of imidazole rings is 1. The van der Waals surface area contributed by atoms with E-state index in [1.165, 1.54) is 47.9 Å². The van der Waals surface area contributed by atoms with Gasteiger partial charge in [-0.15, -0.1) is 0 Å². The van der Waals surface area contributed by atoms with Gasteiger partial charge >= 0.3 is 5.69 Å². The molecule has 1 aliphatic rings. The smallest absolute Gasteiger partial charge is 0.332 e. The Morgan fingerprint density at radius 2 is 1.95 bits per heavy atom. The average molecular weight is 507 g/mol. The summed E-state index contributed by atoms with van der Waals surface area (Å²) in [6.07, 6.45) is 4.90. The van der Waals surface area contributed by atoms with E-state index in [1.54, 1.807) is 19.1 Å². The lowest BCUT2D eigenvalue weighted by Crippen LogP contribution is -2.38. The fourth-order valence-corrected chi connectivity index (χ4v) is 4.75. The van der Waals surface area contributed by atoms with Gasteiger partial charge in [-0.1, -0.05) is 0 Å². The largest absolute Gasteiger partial charge is 0.366 e. The van der Waals surface area contributed by atoms with Crippen molar-refractivity contribution in [2.75, 3.05) is 16.8 Å². The predicted molar refractivity (Wildman–Crippen MR) is 137 cm³/mol. The zero-order valence-electron chi connectivity index (χ0n) is 21.0. The fourth-order valence-electron chi connectivity index (χ4n) is 4.75. The Morgan fingerprint density at radius 3 is 2.65 bits per heavy atom. The van der Waals surface area contributed by atoms with E-state index >= 15 is 0 Å². The van der Waals surface area contributed by atoms with Gasteiger partial charge in [-0.3, -0.25) is 18.7 Å². The molecule has 1 N–H and O–H groups in total. The predicted octanol–water partition coefficient (Wildman–Crippen LogP) is 2.22. The van der Waals surface area contributed by atoms with Crippen molar-refractivity contribution >= 4 is 28.6 Å². The minimum absolute atomic E-state index is 0.138. The number of anilines is 2. The fraction of sp³-hybridized carbons (Fsp3) is 0.360. The molecule has 0 aliphatic carbocycles. The normalized spacial score (nSPS) is 16.4. The summed E-state index contributed by atoms with van der Waals surface area (Å²) in [7, 11) is 2.88. The van der Waals surface area contributed by atoms with Crippen LogP contribution in [0, 0.1) is 5.82 Å². The van der Waals surface area contributed by atoms with Crippen LogP contribution in [0.5, 0.6) is 0 Å². The molecular formula is C25H27FN8O3. The van der Waals surface area contributed by atoms with E-state index < -0.39 is 23.2 Å². The SMILES string of the molecule is C[C@H]1CCCN1c1ccc(-c2nccc(NC(=O)[C@H](C)n3cnc4c3c(=O)n(C)c(=O)n4C)n2)cc1F. The van der Waals surface area contributed by atoms with Crippen LogP contribution in [0.1, 0.15) is 32.7 Å². The van der Waals surface area contributed by atoms with Crippen LogP contribution < -0.4 is 21.5 Å². The summed E-state index contributed by atoms with van der Waals surface area (Å²) in [5, 5.41) is 2.72. The first-order chi connectivity index (χ1) is 17.7. The highest BCUT2D eigenvalue weighted by atomic mass is 19.1. The van der Waals surface area contributed by atoms with Crippen LogP contribution in [0.3, 0.4) is 0 Å². The Labute approximate surface area is 211 Å². The molecule has 37 heavy (non-hydrogen) atoms. The van der Waals surface area contributed by atoms with Gasteiger partial charge in [-0.2, -0.15) is 0 Å². The van der Waals surface area contributed by atoms with E-state index in [4.69, 9.17) is 0 Å². The first kappa shape index (κ1) is 24.3. The van der Waals surface area contributed by atoms with Crippen molar-refractivity contribution < 1.29 is 9.18 Å². The molecule has 1 aliphatic heterocycles. The molecule has 0 spiro atoms. The third kappa shape index (κ3) is 4.17. The summed E-state index contributed by atoms with van der Waals surface area (Å²) in [6.45, 7) is 4.51. The van der Waals surface area contributed by atoms with Crippen molar-refractivity contribution in [3.8, 4) is 11.4 Å². The van der Waals surface area contributed by atoms with Crippen molar-refractivity contribution in [1.82, 2.24) is 28.7 Å². The number of amides is 1. The molecule has 0 saturated carbocycles. The van der Waals surface area contributed by atoms with Crippen LogP contribution >= 0.6 is 0 Å². The molecule has 1 amide bonds. The molecule has 5 rings (SSSR count). The standard InChI is InChI=1S/C25H27FN8O3/c1-14-6-5-11-33(14)18-8-7-16(12-17(18)26)21-27-10-9-19(29-21)30-23(35)15(2)34-13-28-22-20(34)24(36)32(4)25(37)31(22)3/h7-10,12-15H,5-6,11H2,1-4H3,(H,27,29,30,35)/t14-,15-/m0/s1. The molecule has 192 valence electrons. The number of benzene rings is 1. The van der Waals surface area contributed by atoms with E-state index in [0.717, 1.165) is 24.0 Å². The van der Waals surface area contributed by atoms with Gasteiger partial charge in [-0.25, -0.2) is 24.1 Å². The Morgan fingerprint density at radius 1 is 1.16 bits per heavy atom. The van der Waals surface area contributed by atoms with Gasteiger partial charge in [-0.05, 0) is 51.0 Å². The number of carbonyl (C=O) groups is 1. The molecule has 4 heterocycles. The number of nitrogens with zero attached hydrogens (tertiary/aromatic N) is 7. The van der Waals surface area contributed by atoms with Gasteiger partial charge in [0.15, 0.2) is 17.0 Å². The molecule has 12 heteroatoms. The number of fused-ring (bicyclic) bond motifs is 1. The maximum absolute atomic E-state index is 15.0. The number of carbonyl (C=O) groups excluding carboxylic acids is 1. The third-order valence-electron chi connectivity index (χ3n) is 6.95. The number of nitrogens with one attached hydrogen (secondary N) is 1. The highest BCUT2D eigenvalue weighted by molar-refractivity contribution is 5.93. The lowest BCUT2D eigenvalue weighted by molar-refractivity contribution is -0.118. The van der Waals surface area contributed by atoms with Gasteiger partial charge in [0.2, 0.25) is 5.91 Å². The Kier molecular flexibility index (Phi) is 6.10. The second-order valence-electron chi connectivity index (χ2n) is 9.31. The minimum atomic E-state index is -0.840. The summed E-state index contributed by atoms with van der Waals surface area (Å²) in [5.41, 5.74) is 0.316. The van der Waals surface area contributed by atoms with Crippen molar-refractivity contribution in [1.29, 1.82) is 0 Å². The lowest BCUT2D eigenvalue weighted by atomic mass is 10.1. The van der Waals surface area contributed by atoms with Gasteiger partial charge in [0, 0.05) is 38.4 Å². The van der Waals surface area contributed by atoms with Crippen LogP contribution in [-0.2, 0) is 18.9 Å². The maximum Gasteiger partial charge on any atom is 0.332 e. The number of hydrogen-bond acceptors (Lipinski definition) is 7. The first-order valence-electron chi connectivity index (χ1n) is 12.0. The van der Waals surface area contributed by atoms with Gasteiger partial charge in [0.05, 0.1) is 12.0 Å². The summed E-state index contributed by atoms with van der Waals surface area (Å²) in [6, 6.07) is 5.88. The van der Waals surface area contributed by atoms with Crippen LogP contribution in [0.15, 0.2) is 46.4 Å². The van der Waals surface area contributed by atoms with E-state index in [-0.39, 0.29) is 34.7 Å². The summed E-state index contributed by atoms with van der Waals surface area (Å²) < 4.78 is 18.6. The molecule has 1 fully saturated rings. The zero-order valence-corrected chi connectivity index (χ0v) is 21.0. The Bertz CT molecular complexity index is 1640. The molecule has 3 aromatic heterocycles. The van der Waals surface area contributed by atoms with Crippen LogP contribution in [-0.4, -0.2) is 47.1 Å². The minimum Gasteiger partial charge on any atom is -0.366 e. The van der Waals surface area contributed by atoms with Crippen molar-refractivity contribution in [3.05, 3.63) is 63.4 Å². The molecular weight excluding hydrogens is 479 g/mol. The Balaban J connectivity index is 1.39. The average Bonchev–Trinajstić information content (AvgIpc) is 3.52. The highest BCUT2D eigenvalue weighted by Crippen LogP contribution is 2.30.